The number of fused-ring (bicyclic) bond motifs is 1. The van der Waals surface area contributed by atoms with Gasteiger partial charge in [0.2, 0.25) is 5.95 Å². The quantitative estimate of drug-likeness (QED) is 0.471. The van der Waals surface area contributed by atoms with Crippen molar-refractivity contribution in [3.8, 4) is 17.1 Å². The number of hydrogen-bond donors (Lipinski definition) is 1. The average molecular weight is 393 g/mol. The van der Waals surface area contributed by atoms with Crippen LogP contribution in [0, 0.1) is 0 Å². The fraction of sp³-hybridized carbons (Fsp3) is 0.0870. The topological polar surface area (TPSA) is 81.4 Å². The fourth-order valence-electron chi connectivity index (χ4n) is 3.34. The van der Waals surface area contributed by atoms with Crippen molar-refractivity contribution in [1.82, 2.24) is 29.7 Å². The van der Waals surface area contributed by atoms with Gasteiger partial charge in [-0.15, -0.1) is 0 Å². The SMILES string of the molecule is c1ccc(CCNc2nccc(-n3cnc4cc(-c5cccnn5)ccc43)n2)cc1. The van der Waals surface area contributed by atoms with Crippen molar-refractivity contribution in [3.63, 3.8) is 0 Å². The molecule has 1 N–H and O–H groups in total. The third-order valence-corrected chi connectivity index (χ3v) is 4.84. The standard InChI is InChI=1S/C23H19N7/c1-2-5-17(6-3-1)10-13-24-23-25-14-11-22(28-23)30-16-26-20-15-18(8-9-21(20)30)19-7-4-12-27-29-19/h1-9,11-12,14-16H,10,13H2,(H,24,25,28). The van der Waals surface area contributed by atoms with E-state index in [1.165, 1.54) is 5.56 Å². The Morgan fingerprint density at radius 3 is 2.67 bits per heavy atom. The van der Waals surface area contributed by atoms with Crippen molar-refractivity contribution < 1.29 is 0 Å². The third-order valence-electron chi connectivity index (χ3n) is 4.84. The molecule has 0 amide bonds. The number of hydrogen-bond acceptors (Lipinski definition) is 6. The normalized spacial score (nSPS) is 10.9. The summed E-state index contributed by atoms with van der Waals surface area (Å²) in [7, 11) is 0. The molecule has 0 aliphatic carbocycles. The second kappa shape index (κ2) is 8.08. The van der Waals surface area contributed by atoms with Crippen molar-refractivity contribution in [2.45, 2.75) is 6.42 Å². The molecule has 0 atom stereocenters. The Hall–Kier alpha value is -4.13. The van der Waals surface area contributed by atoms with Crippen LogP contribution in [0.25, 0.3) is 28.1 Å². The molecule has 7 nitrogen and oxygen atoms in total. The van der Waals surface area contributed by atoms with E-state index < -0.39 is 0 Å². The Morgan fingerprint density at radius 1 is 0.867 bits per heavy atom. The molecule has 7 heteroatoms. The number of rotatable bonds is 6. The molecule has 0 aliphatic heterocycles. The summed E-state index contributed by atoms with van der Waals surface area (Å²) in [6.07, 6.45) is 6.11. The van der Waals surface area contributed by atoms with Crippen LogP contribution in [0.3, 0.4) is 0 Å². The van der Waals surface area contributed by atoms with Crippen LogP contribution >= 0.6 is 0 Å². The highest BCUT2D eigenvalue weighted by atomic mass is 15.2. The first-order valence-corrected chi connectivity index (χ1v) is 9.73. The zero-order chi connectivity index (χ0) is 20.2. The van der Waals surface area contributed by atoms with Gasteiger partial charge >= 0.3 is 0 Å². The van der Waals surface area contributed by atoms with Crippen LogP contribution in [-0.4, -0.2) is 36.3 Å². The van der Waals surface area contributed by atoms with Gasteiger partial charge in [-0.3, -0.25) is 4.57 Å². The Balaban J connectivity index is 1.37. The first kappa shape index (κ1) is 17.9. The Bertz CT molecular complexity index is 1270. The zero-order valence-corrected chi connectivity index (χ0v) is 16.2. The van der Waals surface area contributed by atoms with E-state index in [0.29, 0.717) is 5.95 Å². The maximum Gasteiger partial charge on any atom is 0.224 e. The number of anilines is 1. The second-order valence-corrected chi connectivity index (χ2v) is 6.83. The molecule has 0 bridgehead atoms. The van der Waals surface area contributed by atoms with Gasteiger partial charge in [-0.1, -0.05) is 36.4 Å². The largest absolute Gasteiger partial charge is 0.354 e. The Labute approximate surface area is 173 Å². The smallest absolute Gasteiger partial charge is 0.224 e. The molecule has 0 spiro atoms. The summed E-state index contributed by atoms with van der Waals surface area (Å²) >= 11 is 0. The van der Waals surface area contributed by atoms with E-state index >= 15 is 0 Å². The minimum Gasteiger partial charge on any atom is -0.354 e. The molecule has 0 aliphatic rings. The Morgan fingerprint density at radius 2 is 1.80 bits per heavy atom. The molecular formula is C23H19N7. The van der Waals surface area contributed by atoms with Gasteiger partial charge in [0.1, 0.15) is 12.1 Å². The highest BCUT2D eigenvalue weighted by Crippen LogP contribution is 2.23. The highest BCUT2D eigenvalue weighted by molar-refractivity contribution is 5.82. The average Bonchev–Trinajstić information content (AvgIpc) is 3.24. The van der Waals surface area contributed by atoms with E-state index in [-0.39, 0.29) is 0 Å². The van der Waals surface area contributed by atoms with Gasteiger partial charge in [0, 0.05) is 24.5 Å². The van der Waals surface area contributed by atoms with Crippen LogP contribution in [-0.2, 0) is 6.42 Å². The lowest BCUT2D eigenvalue weighted by Crippen LogP contribution is -2.09. The van der Waals surface area contributed by atoms with Crippen molar-refractivity contribution in [2.24, 2.45) is 0 Å². The van der Waals surface area contributed by atoms with Crippen molar-refractivity contribution >= 4 is 17.0 Å². The number of aromatic nitrogens is 6. The molecule has 0 unspecified atom stereocenters. The van der Waals surface area contributed by atoms with Crippen LogP contribution in [0.5, 0.6) is 0 Å². The van der Waals surface area contributed by atoms with E-state index in [1.54, 1.807) is 18.7 Å². The summed E-state index contributed by atoms with van der Waals surface area (Å²) in [5.74, 6) is 1.36. The lowest BCUT2D eigenvalue weighted by Gasteiger charge is -2.08. The molecule has 5 aromatic rings. The van der Waals surface area contributed by atoms with E-state index in [2.05, 4.69) is 42.6 Å². The molecule has 0 saturated carbocycles. The minimum atomic E-state index is 0.599. The molecule has 0 saturated heterocycles. The summed E-state index contributed by atoms with van der Waals surface area (Å²) in [6, 6.07) is 22.1. The first-order valence-electron chi connectivity index (χ1n) is 9.73. The molecule has 0 fully saturated rings. The summed E-state index contributed by atoms with van der Waals surface area (Å²) in [6.45, 7) is 0.764. The van der Waals surface area contributed by atoms with Gasteiger partial charge in [-0.25, -0.2) is 9.97 Å². The maximum atomic E-state index is 4.66. The summed E-state index contributed by atoms with van der Waals surface area (Å²) in [5, 5.41) is 11.4. The zero-order valence-electron chi connectivity index (χ0n) is 16.2. The minimum absolute atomic E-state index is 0.599. The summed E-state index contributed by atoms with van der Waals surface area (Å²) in [4.78, 5) is 13.5. The lowest BCUT2D eigenvalue weighted by molar-refractivity contribution is 0.953. The third kappa shape index (κ3) is 3.73. The molecule has 5 rings (SSSR count). The number of benzene rings is 2. The molecule has 146 valence electrons. The molecule has 3 heterocycles. The number of nitrogens with zero attached hydrogens (tertiary/aromatic N) is 6. The lowest BCUT2D eigenvalue weighted by atomic mass is 10.1. The van der Waals surface area contributed by atoms with E-state index in [0.717, 1.165) is 41.1 Å². The second-order valence-electron chi connectivity index (χ2n) is 6.83. The molecule has 2 aromatic carbocycles. The van der Waals surface area contributed by atoms with Gasteiger partial charge in [0.25, 0.3) is 0 Å². The molecular weight excluding hydrogens is 374 g/mol. The van der Waals surface area contributed by atoms with Gasteiger partial charge in [-0.05, 0) is 42.3 Å². The van der Waals surface area contributed by atoms with Crippen LogP contribution in [0.2, 0.25) is 0 Å². The predicted octanol–water partition coefficient (Wildman–Crippen LogP) is 3.93. The first-order chi connectivity index (χ1) is 14.9. The van der Waals surface area contributed by atoms with Crippen LogP contribution in [0.4, 0.5) is 5.95 Å². The highest BCUT2D eigenvalue weighted by Gasteiger charge is 2.09. The van der Waals surface area contributed by atoms with Crippen LogP contribution < -0.4 is 5.32 Å². The molecule has 3 aromatic heterocycles. The van der Waals surface area contributed by atoms with Gasteiger partial charge < -0.3 is 5.32 Å². The van der Waals surface area contributed by atoms with Crippen molar-refractivity contribution in [2.75, 3.05) is 11.9 Å². The Kier molecular flexibility index (Phi) is 4.83. The predicted molar refractivity (Wildman–Crippen MR) is 116 cm³/mol. The van der Waals surface area contributed by atoms with Crippen LogP contribution in [0.1, 0.15) is 5.56 Å². The number of nitrogens with one attached hydrogen (secondary N) is 1. The van der Waals surface area contributed by atoms with Crippen molar-refractivity contribution in [3.05, 3.63) is 91.0 Å². The number of imidazole rings is 1. The fourth-order valence-corrected chi connectivity index (χ4v) is 3.34. The summed E-state index contributed by atoms with van der Waals surface area (Å²) in [5.41, 5.74) is 4.92. The monoisotopic (exact) mass is 393 g/mol. The van der Waals surface area contributed by atoms with Gasteiger partial charge in [0.05, 0.1) is 16.7 Å². The van der Waals surface area contributed by atoms with E-state index in [9.17, 15) is 0 Å². The summed E-state index contributed by atoms with van der Waals surface area (Å²) < 4.78 is 1.96. The van der Waals surface area contributed by atoms with Crippen molar-refractivity contribution in [1.29, 1.82) is 0 Å². The maximum absolute atomic E-state index is 4.66. The van der Waals surface area contributed by atoms with Gasteiger partial charge in [-0.2, -0.15) is 15.2 Å². The van der Waals surface area contributed by atoms with Gasteiger partial charge in [0.15, 0.2) is 0 Å². The van der Waals surface area contributed by atoms with E-state index in [4.69, 9.17) is 0 Å². The van der Waals surface area contributed by atoms with E-state index in [1.807, 2.05) is 59.2 Å². The molecule has 30 heavy (non-hydrogen) atoms. The molecule has 0 radical (unpaired) electrons. The van der Waals surface area contributed by atoms with Crippen LogP contribution in [0.15, 0.2) is 85.5 Å².